The maximum atomic E-state index is 12.2. The van der Waals surface area contributed by atoms with Crippen LogP contribution < -0.4 is 10.9 Å². The second-order valence-corrected chi connectivity index (χ2v) is 6.92. The van der Waals surface area contributed by atoms with Gasteiger partial charge in [-0.2, -0.15) is 0 Å². The number of carbonyl (C=O) groups is 1. The number of carbonyl (C=O) groups excluding carboxylic acids is 1. The van der Waals surface area contributed by atoms with Crippen molar-refractivity contribution in [2.45, 2.75) is 26.4 Å². The van der Waals surface area contributed by atoms with Gasteiger partial charge in [0.1, 0.15) is 5.82 Å². The Morgan fingerprint density at radius 2 is 1.93 bits per heavy atom. The van der Waals surface area contributed by atoms with Gasteiger partial charge in [0.15, 0.2) is 0 Å². The minimum absolute atomic E-state index is 0.0432. The molecule has 1 aromatic heterocycles. The predicted molar refractivity (Wildman–Crippen MR) is 111 cm³/mol. The summed E-state index contributed by atoms with van der Waals surface area (Å²) in [5.41, 5.74) is 1.42. The lowest BCUT2D eigenvalue weighted by molar-refractivity contribution is -0.121. The van der Waals surface area contributed by atoms with Crippen LogP contribution in [0, 0.1) is 0 Å². The second kappa shape index (κ2) is 9.48. The molecule has 7 heteroatoms. The zero-order valence-corrected chi connectivity index (χ0v) is 16.5. The number of H-pyrrole nitrogens is 1. The largest absolute Gasteiger partial charge is 0.352 e. The summed E-state index contributed by atoms with van der Waals surface area (Å²) in [6, 6.07) is 14.7. The molecule has 28 heavy (non-hydrogen) atoms. The fourth-order valence-electron chi connectivity index (χ4n) is 2.95. The third-order valence-electron chi connectivity index (χ3n) is 4.57. The van der Waals surface area contributed by atoms with Gasteiger partial charge >= 0.3 is 0 Å². The highest BCUT2D eigenvalue weighted by Crippen LogP contribution is 2.14. The van der Waals surface area contributed by atoms with E-state index < -0.39 is 0 Å². The molecule has 0 aliphatic carbocycles. The van der Waals surface area contributed by atoms with E-state index >= 15 is 0 Å². The summed E-state index contributed by atoms with van der Waals surface area (Å²) < 4.78 is 0. The van der Waals surface area contributed by atoms with Crippen molar-refractivity contribution < 1.29 is 4.79 Å². The smallest absolute Gasteiger partial charge is 0.258 e. The van der Waals surface area contributed by atoms with Crippen LogP contribution in [0.2, 0.25) is 5.02 Å². The molecule has 0 saturated heterocycles. The van der Waals surface area contributed by atoms with E-state index in [0.29, 0.717) is 47.8 Å². The van der Waals surface area contributed by atoms with Gasteiger partial charge in [-0.15, -0.1) is 0 Å². The number of amides is 1. The Morgan fingerprint density at radius 3 is 2.71 bits per heavy atom. The Hall–Kier alpha value is -2.70. The molecule has 0 atom stereocenters. The number of nitrogens with one attached hydrogen (secondary N) is 2. The van der Waals surface area contributed by atoms with Gasteiger partial charge in [0, 0.05) is 24.5 Å². The highest BCUT2D eigenvalue weighted by molar-refractivity contribution is 6.31. The van der Waals surface area contributed by atoms with Crippen LogP contribution in [0.4, 0.5) is 0 Å². The van der Waals surface area contributed by atoms with Crippen molar-refractivity contribution in [3.8, 4) is 0 Å². The number of rotatable bonds is 8. The molecule has 3 rings (SSSR count). The highest BCUT2D eigenvalue weighted by Gasteiger charge is 2.11. The fraction of sp³-hybridized carbons (Fsp3) is 0.286. The van der Waals surface area contributed by atoms with Crippen LogP contribution in [0.3, 0.4) is 0 Å². The number of hydrogen-bond donors (Lipinski definition) is 2. The van der Waals surface area contributed by atoms with Crippen molar-refractivity contribution in [3.63, 3.8) is 0 Å². The average molecular weight is 399 g/mol. The molecule has 3 aromatic rings. The maximum absolute atomic E-state index is 12.2. The lowest BCUT2D eigenvalue weighted by Gasteiger charge is -2.19. The lowest BCUT2D eigenvalue weighted by Crippen LogP contribution is -2.31. The summed E-state index contributed by atoms with van der Waals surface area (Å²) in [4.78, 5) is 33.8. The van der Waals surface area contributed by atoms with Gasteiger partial charge in [-0.3, -0.25) is 14.5 Å². The lowest BCUT2D eigenvalue weighted by atomic mass is 10.2. The van der Waals surface area contributed by atoms with Crippen molar-refractivity contribution in [1.29, 1.82) is 0 Å². The number of halogens is 1. The first-order valence-electron chi connectivity index (χ1n) is 9.27. The number of nitrogens with zero attached hydrogens (tertiary/aromatic N) is 2. The molecule has 2 aromatic carbocycles. The van der Waals surface area contributed by atoms with E-state index in [2.05, 4.69) is 20.2 Å². The normalized spacial score (nSPS) is 11.1. The van der Waals surface area contributed by atoms with Crippen LogP contribution in [0.1, 0.15) is 24.7 Å². The number of hydrogen-bond acceptors (Lipinski definition) is 4. The Kier molecular flexibility index (Phi) is 6.79. The third kappa shape index (κ3) is 5.18. The molecular weight excluding hydrogens is 376 g/mol. The quantitative estimate of drug-likeness (QED) is 0.611. The summed E-state index contributed by atoms with van der Waals surface area (Å²) in [5, 5.41) is 4.11. The second-order valence-electron chi connectivity index (χ2n) is 6.52. The minimum atomic E-state index is -0.144. The molecule has 146 valence electrons. The molecule has 0 aliphatic heterocycles. The zero-order chi connectivity index (χ0) is 19.9. The standard InChI is InChI=1S/C21H23ClN4O2/c1-2-26(12-11-20(27)23-13-15-7-3-5-9-17(15)22)14-19-24-18-10-6-4-8-16(18)21(28)25-19/h3-10H,2,11-14H2,1H3,(H,23,27)(H,24,25,28). The monoisotopic (exact) mass is 398 g/mol. The van der Waals surface area contributed by atoms with E-state index in [4.69, 9.17) is 11.6 Å². The van der Waals surface area contributed by atoms with Crippen LogP contribution in [0.5, 0.6) is 0 Å². The van der Waals surface area contributed by atoms with E-state index in [1.165, 1.54) is 0 Å². The van der Waals surface area contributed by atoms with Crippen molar-refractivity contribution in [3.05, 3.63) is 75.3 Å². The SMILES string of the molecule is CCN(CCC(=O)NCc1ccccc1Cl)Cc1nc2ccccc2c(=O)[nH]1. The first-order chi connectivity index (χ1) is 13.6. The molecule has 1 amide bonds. The first kappa shape index (κ1) is 20.0. The number of benzene rings is 2. The van der Waals surface area contributed by atoms with Crippen LogP contribution in [0.25, 0.3) is 10.9 Å². The van der Waals surface area contributed by atoms with Gasteiger partial charge in [0.05, 0.1) is 17.4 Å². The molecule has 0 saturated carbocycles. The number of para-hydroxylation sites is 1. The minimum Gasteiger partial charge on any atom is -0.352 e. The molecule has 0 radical (unpaired) electrons. The van der Waals surface area contributed by atoms with Gasteiger partial charge in [-0.25, -0.2) is 4.98 Å². The van der Waals surface area contributed by atoms with Gasteiger partial charge < -0.3 is 10.3 Å². The number of aromatic amines is 1. The molecule has 0 spiro atoms. The molecule has 1 heterocycles. The fourth-order valence-corrected chi connectivity index (χ4v) is 3.16. The topological polar surface area (TPSA) is 78.1 Å². The molecule has 0 unspecified atom stereocenters. The molecule has 0 aliphatic rings. The van der Waals surface area contributed by atoms with Crippen molar-refractivity contribution in [2.75, 3.05) is 13.1 Å². The summed E-state index contributed by atoms with van der Waals surface area (Å²) in [5.74, 6) is 0.556. The van der Waals surface area contributed by atoms with Gasteiger partial charge in [0.2, 0.25) is 5.91 Å². The van der Waals surface area contributed by atoms with E-state index in [0.717, 1.165) is 12.1 Å². The predicted octanol–water partition coefficient (Wildman–Crippen LogP) is 3.10. The number of aromatic nitrogens is 2. The van der Waals surface area contributed by atoms with E-state index in [1.807, 2.05) is 43.3 Å². The highest BCUT2D eigenvalue weighted by atomic mass is 35.5. The Labute approximate surface area is 168 Å². The molecule has 6 nitrogen and oxygen atoms in total. The van der Waals surface area contributed by atoms with Crippen molar-refractivity contribution in [2.24, 2.45) is 0 Å². The van der Waals surface area contributed by atoms with Crippen LogP contribution in [-0.4, -0.2) is 33.9 Å². The Balaban J connectivity index is 1.55. The Morgan fingerprint density at radius 1 is 1.18 bits per heavy atom. The van der Waals surface area contributed by atoms with Crippen LogP contribution in [-0.2, 0) is 17.9 Å². The summed E-state index contributed by atoms with van der Waals surface area (Å²) in [7, 11) is 0. The summed E-state index contributed by atoms with van der Waals surface area (Å²) in [6.07, 6.45) is 0.357. The van der Waals surface area contributed by atoms with E-state index in [-0.39, 0.29) is 11.5 Å². The van der Waals surface area contributed by atoms with Gasteiger partial charge in [0.25, 0.3) is 5.56 Å². The molecule has 0 bridgehead atoms. The molecular formula is C21H23ClN4O2. The summed E-state index contributed by atoms with van der Waals surface area (Å²) >= 11 is 6.11. The zero-order valence-electron chi connectivity index (χ0n) is 15.7. The third-order valence-corrected chi connectivity index (χ3v) is 4.94. The van der Waals surface area contributed by atoms with Crippen LogP contribution in [0.15, 0.2) is 53.3 Å². The van der Waals surface area contributed by atoms with E-state index in [9.17, 15) is 9.59 Å². The molecule has 2 N–H and O–H groups in total. The van der Waals surface area contributed by atoms with Crippen molar-refractivity contribution >= 4 is 28.4 Å². The molecule has 0 fully saturated rings. The van der Waals surface area contributed by atoms with Crippen LogP contribution >= 0.6 is 11.6 Å². The maximum Gasteiger partial charge on any atom is 0.258 e. The average Bonchev–Trinajstić information content (AvgIpc) is 2.70. The summed E-state index contributed by atoms with van der Waals surface area (Å²) in [6.45, 7) is 4.22. The van der Waals surface area contributed by atoms with Gasteiger partial charge in [-0.1, -0.05) is 48.9 Å². The van der Waals surface area contributed by atoms with Crippen molar-refractivity contribution in [1.82, 2.24) is 20.2 Å². The van der Waals surface area contributed by atoms with Gasteiger partial charge in [-0.05, 0) is 30.3 Å². The number of fused-ring (bicyclic) bond motifs is 1. The first-order valence-corrected chi connectivity index (χ1v) is 9.65. The van der Waals surface area contributed by atoms with E-state index in [1.54, 1.807) is 12.1 Å². The Bertz CT molecular complexity index is 1020.